The van der Waals surface area contributed by atoms with E-state index < -0.39 is 11.8 Å². The van der Waals surface area contributed by atoms with Crippen molar-refractivity contribution in [1.82, 2.24) is 5.32 Å². The number of thioether (sulfide) groups is 1. The predicted molar refractivity (Wildman–Crippen MR) is 175 cm³/mol. The molecule has 4 aromatic rings. The van der Waals surface area contributed by atoms with Crippen molar-refractivity contribution in [2.75, 3.05) is 32.4 Å². The Balaban J connectivity index is 1.58. The molecule has 0 aliphatic rings. The first kappa shape index (κ1) is 32.5. The Bertz CT molecular complexity index is 1710. The number of halogens is 2. The van der Waals surface area contributed by atoms with E-state index in [1.165, 1.54) is 45.2 Å². The number of hydrogen-bond donors (Lipinski definition) is 2. The fourth-order valence-corrected chi connectivity index (χ4v) is 5.18. The summed E-state index contributed by atoms with van der Waals surface area (Å²) in [7, 11) is 4.48. The van der Waals surface area contributed by atoms with E-state index in [-0.39, 0.29) is 17.2 Å². The van der Waals surface area contributed by atoms with Crippen LogP contribution in [-0.2, 0) is 4.79 Å². The van der Waals surface area contributed by atoms with Crippen LogP contribution in [0.2, 0.25) is 10.0 Å². The number of benzene rings is 4. The van der Waals surface area contributed by atoms with Crippen LogP contribution in [-0.4, -0.2) is 44.7 Å². The second kappa shape index (κ2) is 15.3. The van der Waals surface area contributed by atoms with Crippen molar-refractivity contribution in [2.45, 2.75) is 4.90 Å². The third-order valence-electron chi connectivity index (χ3n) is 6.27. The van der Waals surface area contributed by atoms with Gasteiger partial charge in [-0.25, -0.2) is 0 Å². The van der Waals surface area contributed by atoms with Crippen LogP contribution in [0.15, 0.2) is 95.5 Å². The smallest absolute Gasteiger partial charge is 0.272 e. The van der Waals surface area contributed by atoms with E-state index in [9.17, 15) is 14.4 Å². The molecule has 0 atom stereocenters. The standard InChI is InChI=1S/C33H28Cl2N2O6S/c1-41-29-18-31(43-3)30(42-2)16-22(29)15-27(37-32(39)20-8-5-4-6-9-20)33(40)36-23-10-7-11-24(17-23)44-19-28(38)21-12-13-25(34)26(35)14-21/h4-18H,19H2,1-3H3,(H,36,40)(H,37,39)/b27-15-. The molecule has 0 fully saturated rings. The van der Waals surface area contributed by atoms with E-state index >= 15 is 0 Å². The number of anilines is 1. The Morgan fingerprint density at radius 2 is 1.45 bits per heavy atom. The fourth-order valence-electron chi connectivity index (χ4n) is 4.03. The van der Waals surface area contributed by atoms with Gasteiger partial charge in [0.2, 0.25) is 0 Å². The van der Waals surface area contributed by atoms with Gasteiger partial charge in [0.05, 0.1) is 37.1 Å². The molecule has 2 N–H and O–H groups in total. The zero-order valence-corrected chi connectivity index (χ0v) is 26.3. The highest BCUT2D eigenvalue weighted by atomic mass is 35.5. The number of rotatable bonds is 12. The molecule has 8 nitrogen and oxygen atoms in total. The van der Waals surface area contributed by atoms with Crippen LogP contribution in [0.5, 0.6) is 17.2 Å². The average molecular weight is 652 g/mol. The van der Waals surface area contributed by atoms with Crippen molar-refractivity contribution >= 4 is 64.3 Å². The molecule has 2 amide bonds. The first-order valence-corrected chi connectivity index (χ1v) is 14.9. The van der Waals surface area contributed by atoms with Gasteiger partial charge in [0, 0.05) is 33.3 Å². The highest BCUT2D eigenvalue weighted by molar-refractivity contribution is 8.00. The topological polar surface area (TPSA) is 103 Å². The van der Waals surface area contributed by atoms with Gasteiger partial charge in [-0.05, 0) is 60.7 Å². The van der Waals surface area contributed by atoms with Gasteiger partial charge in [-0.15, -0.1) is 11.8 Å². The molecule has 4 aromatic carbocycles. The van der Waals surface area contributed by atoms with Gasteiger partial charge in [0.25, 0.3) is 11.8 Å². The fraction of sp³-hybridized carbons (Fsp3) is 0.121. The lowest BCUT2D eigenvalue weighted by atomic mass is 10.1. The zero-order chi connectivity index (χ0) is 31.6. The van der Waals surface area contributed by atoms with Crippen molar-refractivity contribution in [2.24, 2.45) is 0 Å². The SMILES string of the molecule is COc1cc(OC)c(OC)cc1/C=C(\NC(=O)c1ccccc1)C(=O)Nc1cccc(SCC(=O)c2ccc(Cl)c(Cl)c2)c1. The average Bonchev–Trinajstić information content (AvgIpc) is 3.04. The Hall–Kier alpha value is -4.44. The van der Waals surface area contributed by atoms with Crippen LogP contribution in [0.25, 0.3) is 6.08 Å². The summed E-state index contributed by atoms with van der Waals surface area (Å²) in [5.41, 5.74) is 1.70. The normalized spacial score (nSPS) is 11.0. The van der Waals surface area contributed by atoms with Crippen LogP contribution in [0.4, 0.5) is 5.69 Å². The number of hydrogen-bond acceptors (Lipinski definition) is 7. The summed E-state index contributed by atoms with van der Waals surface area (Å²) in [6.07, 6.45) is 1.49. The summed E-state index contributed by atoms with van der Waals surface area (Å²) in [6, 6.07) is 23.5. The van der Waals surface area contributed by atoms with Gasteiger partial charge in [0.1, 0.15) is 11.4 Å². The van der Waals surface area contributed by atoms with Crippen LogP contribution in [0.1, 0.15) is 26.3 Å². The van der Waals surface area contributed by atoms with Crippen molar-refractivity contribution < 1.29 is 28.6 Å². The molecule has 226 valence electrons. The van der Waals surface area contributed by atoms with E-state index in [2.05, 4.69) is 10.6 Å². The molecule has 0 heterocycles. The third-order valence-corrected chi connectivity index (χ3v) is 8.00. The van der Waals surface area contributed by atoms with Crippen LogP contribution in [0.3, 0.4) is 0 Å². The number of amides is 2. The predicted octanol–water partition coefficient (Wildman–Crippen LogP) is 7.40. The van der Waals surface area contributed by atoms with Crippen molar-refractivity contribution in [1.29, 1.82) is 0 Å². The molecule has 44 heavy (non-hydrogen) atoms. The molecular formula is C33H28Cl2N2O6S. The van der Waals surface area contributed by atoms with Crippen molar-refractivity contribution in [3.05, 3.63) is 117 Å². The van der Waals surface area contributed by atoms with Gasteiger partial charge < -0.3 is 24.8 Å². The molecular weight excluding hydrogens is 623 g/mol. The molecule has 0 saturated carbocycles. The summed E-state index contributed by atoms with van der Waals surface area (Å²) >= 11 is 13.3. The van der Waals surface area contributed by atoms with E-state index in [4.69, 9.17) is 37.4 Å². The summed E-state index contributed by atoms with van der Waals surface area (Å²) in [6.45, 7) is 0. The zero-order valence-electron chi connectivity index (χ0n) is 24.0. The quantitative estimate of drug-likeness (QED) is 0.0935. The molecule has 0 unspecified atom stereocenters. The minimum Gasteiger partial charge on any atom is -0.496 e. The summed E-state index contributed by atoms with van der Waals surface area (Å²) < 4.78 is 16.3. The second-order valence-corrected chi connectivity index (χ2v) is 11.0. The Morgan fingerprint density at radius 1 is 0.750 bits per heavy atom. The molecule has 0 bridgehead atoms. The Kier molecular flexibility index (Phi) is 11.3. The molecule has 0 aromatic heterocycles. The first-order chi connectivity index (χ1) is 21.2. The van der Waals surface area contributed by atoms with Gasteiger partial charge in [-0.1, -0.05) is 47.5 Å². The number of carbonyl (C=O) groups excluding carboxylic acids is 3. The number of carbonyl (C=O) groups is 3. The number of Topliss-reactive ketones (excluding diaryl/α,β-unsaturated/α-hetero) is 1. The number of ketones is 1. The lowest BCUT2D eigenvalue weighted by Crippen LogP contribution is -2.30. The van der Waals surface area contributed by atoms with E-state index in [0.29, 0.717) is 49.7 Å². The molecule has 0 aliphatic heterocycles. The summed E-state index contributed by atoms with van der Waals surface area (Å²) in [5, 5.41) is 6.22. The third kappa shape index (κ3) is 8.35. The molecule has 0 radical (unpaired) electrons. The molecule has 0 saturated heterocycles. The number of methoxy groups -OCH3 is 3. The van der Waals surface area contributed by atoms with E-state index in [1.807, 2.05) is 6.07 Å². The summed E-state index contributed by atoms with van der Waals surface area (Å²) in [4.78, 5) is 40.1. The van der Waals surface area contributed by atoms with Gasteiger partial charge in [-0.3, -0.25) is 14.4 Å². The van der Waals surface area contributed by atoms with Gasteiger partial charge in [-0.2, -0.15) is 0 Å². The van der Waals surface area contributed by atoms with Crippen molar-refractivity contribution in [3.8, 4) is 17.2 Å². The summed E-state index contributed by atoms with van der Waals surface area (Å²) in [5.74, 6) is 0.207. The lowest BCUT2D eigenvalue weighted by molar-refractivity contribution is -0.113. The van der Waals surface area contributed by atoms with Crippen LogP contribution >= 0.6 is 35.0 Å². The Labute approximate surface area is 269 Å². The molecule has 0 aliphatic carbocycles. The minimum absolute atomic E-state index is 0.0442. The maximum Gasteiger partial charge on any atom is 0.272 e. The van der Waals surface area contributed by atoms with E-state index in [1.54, 1.807) is 72.8 Å². The molecule has 0 spiro atoms. The van der Waals surface area contributed by atoms with Crippen LogP contribution in [0, 0.1) is 0 Å². The van der Waals surface area contributed by atoms with E-state index in [0.717, 1.165) is 4.90 Å². The maximum absolute atomic E-state index is 13.6. The second-order valence-electron chi connectivity index (χ2n) is 9.15. The molecule has 11 heteroatoms. The highest BCUT2D eigenvalue weighted by Crippen LogP contribution is 2.36. The largest absolute Gasteiger partial charge is 0.496 e. The van der Waals surface area contributed by atoms with Crippen LogP contribution < -0.4 is 24.8 Å². The Morgan fingerprint density at radius 3 is 2.14 bits per heavy atom. The molecule has 4 rings (SSSR count). The highest BCUT2D eigenvalue weighted by Gasteiger charge is 2.18. The maximum atomic E-state index is 13.6. The van der Waals surface area contributed by atoms with Gasteiger partial charge in [0.15, 0.2) is 17.3 Å². The van der Waals surface area contributed by atoms with Crippen molar-refractivity contribution in [3.63, 3.8) is 0 Å². The number of ether oxygens (including phenoxy) is 3. The first-order valence-electron chi connectivity index (χ1n) is 13.1. The number of nitrogens with one attached hydrogen (secondary N) is 2. The minimum atomic E-state index is -0.583. The lowest BCUT2D eigenvalue weighted by Gasteiger charge is -2.15. The monoisotopic (exact) mass is 650 g/mol. The van der Waals surface area contributed by atoms with Gasteiger partial charge >= 0.3 is 0 Å².